The Morgan fingerprint density at radius 3 is 2.20 bits per heavy atom. The number of carbonyl (C=O) groups is 4. The van der Waals surface area contributed by atoms with Crippen LogP contribution < -0.4 is 10.6 Å². The number of fused-ring (bicyclic) bond motifs is 6. The van der Waals surface area contributed by atoms with Crippen LogP contribution in [0.4, 0.5) is 18.4 Å². The van der Waals surface area contributed by atoms with Crippen molar-refractivity contribution >= 4 is 35.0 Å². The van der Waals surface area contributed by atoms with Crippen LogP contribution >= 0.6 is 0 Å². The van der Waals surface area contributed by atoms with Crippen molar-refractivity contribution in [2.75, 3.05) is 20.8 Å². The lowest BCUT2D eigenvalue weighted by Gasteiger charge is -2.36. The fourth-order valence-corrected chi connectivity index (χ4v) is 10.7. The van der Waals surface area contributed by atoms with Crippen LogP contribution in [0.1, 0.15) is 92.4 Å². The Labute approximate surface area is 379 Å². The summed E-state index contributed by atoms with van der Waals surface area (Å²) in [4.78, 5) is 72.5. The van der Waals surface area contributed by atoms with Gasteiger partial charge in [-0.25, -0.2) is 19.6 Å². The van der Waals surface area contributed by atoms with Gasteiger partial charge in [-0.3, -0.25) is 9.59 Å². The standard InChI is InChI=1S/C50H50F2N8O6/c1-26(2)41(57-48(63)65-3)46(61)59-20-8-11-40(59)44-53-25-39(56-44)30-14-18-34-33-17-13-28(22-35(33)50(51,52)36(34)23-30)29-15-19-37-38(24-29)55-45(54-37)43-31-12-16-32(21-31)60(43)47(62)42(58-49(64)66-4)27-9-6-5-7-10-27/h5-7,9-10,13-15,17-19,22-26,31-32,40-43H,8,11-12,16,20-21H2,1-4H3,(H,53,56)(H,54,55)(H,57,63)(H,58,64)/t31-,32+,40-,41-,42+,43-/m0/s1. The number of rotatable bonds is 10. The lowest BCUT2D eigenvalue weighted by Crippen LogP contribution is -2.51. The molecule has 16 heteroatoms. The molecule has 4 aliphatic rings. The van der Waals surface area contributed by atoms with E-state index in [9.17, 15) is 19.2 Å². The maximum atomic E-state index is 16.6. The molecular formula is C50H50F2N8O6. The number of H-pyrrole nitrogens is 2. The number of likely N-dealkylation sites (tertiary alicyclic amines) is 2. The minimum atomic E-state index is -3.30. The van der Waals surface area contributed by atoms with E-state index < -0.39 is 30.2 Å². The second-order valence-electron chi connectivity index (χ2n) is 18.1. The lowest BCUT2D eigenvalue weighted by atomic mass is 9.96. The van der Waals surface area contributed by atoms with Crippen LogP contribution in [0.3, 0.4) is 0 Å². The van der Waals surface area contributed by atoms with E-state index in [1.807, 2.05) is 61.2 Å². The molecular weight excluding hydrogens is 847 g/mol. The van der Waals surface area contributed by atoms with Crippen molar-refractivity contribution in [2.45, 2.75) is 82.1 Å². The van der Waals surface area contributed by atoms with Crippen LogP contribution in [0.5, 0.6) is 0 Å². The van der Waals surface area contributed by atoms with Gasteiger partial charge >= 0.3 is 12.2 Å². The Morgan fingerprint density at radius 1 is 0.788 bits per heavy atom. The van der Waals surface area contributed by atoms with E-state index in [-0.39, 0.29) is 52.9 Å². The zero-order valence-corrected chi connectivity index (χ0v) is 36.9. The van der Waals surface area contributed by atoms with Gasteiger partial charge in [-0.1, -0.05) is 74.5 Å². The number of carbonyl (C=O) groups excluding carboxylic acids is 4. The van der Waals surface area contributed by atoms with E-state index in [0.717, 1.165) is 31.2 Å². The summed E-state index contributed by atoms with van der Waals surface area (Å²) in [7, 11) is 2.52. The molecule has 66 heavy (non-hydrogen) atoms. The average molecular weight is 897 g/mol. The van der Waals surface area contributed by atoms with Gasteiger partial charge in [0, 0.05) is 29.3 Å². The zero-order chi connectivity index (χ0) is 46.0. The van der Waals surface area contributed by atoms with Gasteiger partial charge in [-0.15, -0.1) is 0 Å². The fraction of sp³-hybridized carbons (Fsp3) is 0.360. The zero-order valence-electron chi connectivity index (χ0n) is 36.9. The van der Waals surface area contributed by atoms with Crippen LogP contribution in [-0.2, 0) is 25.0 Å². The molecule has 10 rings (SSSR count). The van der Waals surface area contributed by atoms with Crippen molar-refractivity contribution in [3.63, 3.8) is 0 Å². The molecule has 340 valence electrons. The largest absolute Gasteiger partial charge is 0.453 e. The number of nitrogens with zero attached hydrogens (tertiary/aromatic N) is 4. The summed E-state index contributed by atoms with van der Waals surface area (Å²) in [6.45, 7) is 4.19. The molecule has 4 amide bonds. The van der Waals surface area contributed by atoms with Gasteiger partial charge in [-0.2, -0.15) is 8.78 Å². The summed E-state index contributed by atoms with van der Waals surface area (Å²) in [5.74, 6) is -2.58. The van der Waals surface area contributed by atoms with Gasteiger partial charge in [0.25, 0.3) is 11.8 Å². The van der Waals surface area contributed by atoms with Gasteiger partial charge in [0.1, 0.15) is 23.7 Å². The smallest absolute Gasteiger partial charge is 0.407 e. The highest BCUT2D eigenvalue weighted by atomic mass is 19.3. The Hall–Kier alpha value is -7.10. The molecule has 6 aromatic rings. The number of hydrogen-bond donors (Lipinski definition) is 4. The molecule has 2 bridgehead atoms. The monoisotopic (exact) mass is 896 g/mol. The number of hydrogen-bond acceptors (Lipinski definition) is 8. The molecule has 14 nitrogen and oxygen atoms in total. The maximum absolute atomic E-state index is 16.6. The molecule has 4 heterocycles. The number of amides is 4. The van der Waals surface area contributed by atoms with Crippen LogP contribution in [0.15, 0.2) is 91.1 Å². The number of piperidine rings is 1. The minimum Gasteiger partial charge on any atom is -0.453 e. The van der Waals surface area contributed by atoms with Crippen molar-refractivity contribution in [3.05, 3.63) is 119 Å². The number of alkyl halides is 2. The molecule has 1 saturated carbocycles. The first-order chi connectivity index (χ1) is 31.8. The predicted molar refractivity (Wildman–Crippen MR) is 241 cm³/mol. The van der Waals surface area contributed by atoms with E-state index in [1.54, 1.807) is 47.5 Å². The minimum absolute atomic E-state index is 0.00539. The van der Waals surface area contributed by atoms with Crippen molar-refractivity contribution in [1.82, 2.24) is 40.4 Å². The SMILES string of the molecule is COC(=O)N[C@H](C(=O)N1CCC[C@H]1c1ncc(-c2ccc3c(c2)C(F)(F)c2cc(-c4ccc5nc([C@@H]6[C@H]7CC[C@H](C7)N6C(=O)[C@H](NC(=O)OC)c6ccccc6)[nH]c5c4)ccc2-3)[nH]1)C(C)C. The molecule has 2 aromatic heterocycles. The summed E-state index contributed by atoms with van der Waals surface area (Å²) < 4.78 is 42.9. The van der Waals surface area contributed by atoms with E-state index in [4.69, 9.17) is 14.5 Å². The summed E-state index contributed by atoms with van der Waals surface area (Å²) >= 11 is 0. The van der Waals surface area contributed by atoms with Crippen LogP contribution in [0, 0.1) is 11.8 Å². The second-order valence-corrected chi connectivity index (χ2v) is 18.1. The number of ether oxygens (including phenoxy) is 2. The van der Waals surface area contributed by atoms with Crippen molar-refractivity contribution in [2.24, 2.45) is 11.8 Å². The summed E-state index contributed by atoms with van der Waals surface area (Å²) in [6.07, 6.45) is 4.25. The molecule has 2 saturated heterocycles. The van der Waals surface area contributed by atoms with Gasteiger partial charge in [0.15, 0.2) is 0 Å². The maximum Gasteiger partial charge on any atom is 0.407 e. The highest BCUT2D eigenvalue weighted by molar-refractivity contribution is 5.90. The summed E-state index contributed by atoms with van der Waals surface area (Å²) in [5, 5.41) is 5.40. The van der Waals surface area contributed by atoms with E-state index in [0.29, 0.717) is 69.2 Å². The Balaban J connectivity index is 0.892. The predicted octanol–water partition coefficient (Wildman–Crippen LogP) is 8.93. The Bertz CT molecular complexity index is 2880. The van der Waals surface area contributed by atoms with Gasteiger partial charge in [0.2, 0.25) is 5.91 Å². The quantitative estimate of drug-likeness (QED) is 0.105. The molecule has 0 unspecified atom stereocenters. The number of aromatic amines is 2. The normalized spacial score (nSPS) is 21.1. The molecule has 3 fully saturated rings. The average Bonchev–Trinajstić information content (AvgIpc) is 4.21. The molecule has 4 aromatic carbocycles. The van der Waals surface area contributed by atoms with E-state index in [1.165, 1.54) is 20.3 Å². The Morgan fingerprint density at radius 2 is 1.47 bits per heavy atom. The van der Waals surface area contributed by atoms with Crippen molar-refractivity contribution < 1.29 is 37.4 Å². The van der Waals surface area contributed by atoms with Crippen molar-refractivity contribution in [1.29, 1.82) is 0 Å². The molecule has 0 radical (unpaired) electrons. The topological polar surface area (TPSA) is 175 Å². The first-order valence-corrected chi connectivity index (χ1v) is 22.4. The second kappa shape index (κ2) is 16.7. The third-order valence-corrected chi connectivity index (χ3v) is 13.9. The van der Waals surface area contributed by atoms with E-state index >= 15 is 8.78 Å². The highest BCUT2D eigenvalue weighted by Crippen LogP contribution is 2.53. The number of alkyl carbamates (subject to hydrolysis) is 2. The number of halogens is 2. The molecule has 0 spiro atoms. The number of nitrogens with one attached hydrogen (secondary N) is 4. The number of imidazole rings is 2. The first-order valence-electron chi connectivity index (χ1n) is 22.4. The van der Waals surface area contributed by atoms with E-state index in [2.05, 4.69) is 25.6 Å². The third kappa shape index (κ3) is 7.32. The highest BCUT2D eigenvalue weighted by Gasteiger charge is 2.52. The third-order valence-electron chi connectivity index (χ3n) is 13.9. The number of methoxy groups -OCH3 is 2. The van der Waals surface area contributed by atoms with Gasteiger partial charge < -0.3 is 39.9 Å². The Kier molecular flexibility index (Phi) is 10.8. The molecule has 2 aliphatic carbocycles. The number of benzene rings is 4. The molecule has 6 atom stereocenters. The van der Waals surface area contributed by atoms with Gasteiger partial charge in [-0.05, 0) is 96.0 Å². The molecule has 4 N–H and O–H groups in total. The summed E-state index contributed by atoms with van der Waals surface area (Å²) in [5.41, 5.74) is 5.19. The fourth-order valence-electron chi connectivity index (χ4n) is 10.7. The first kappa shape index (κ1) is 42.8. The van der Waals surface area contributed by atoms with Crippen LogP contribution in [0.2, 0.25) is 0 Å². The van der Waals surface area contributed by atoms with Crippen LogP contribution in [0.25, 0.3) is 44.5 Å². The van der Waals surface area contributed by atoms with Crippen LogP contribution in [-0.4, -0.2) is 86.6 Å². The summed E-state index contributed by atoms with van der Waals surface area (Å²) in [6, 6.07) is 22.5. The lowest BCUT2D eigenvalue weighted by molar-refractivity contribution is -0.138. The molecule has 2 aliphatic heterocycles. The number of aromatic nitrogens is 4. The van der Waals surface area contributed by atoms with Crippen molar-refractivity contribution in [3.8, 4) is 33.5 Å². The van der Waals surface area contributed by atoms with Gasteiger partial charge in [0.05, 0.1) is 49.2 Å².